The van der Waals surface area contributed by atoms with Crippen molar-refractivity contribution in [2.24, 2.45) is 0 Å². The van der Waals surface area contributed by atoms with Crippen LogP contribution in [0.25, 0.3) is 0 Å². The number of rotatable bonds is 4. The van der Waals surface area contributed by atoms with E-state index in [1.54, 1.807) is 0 Å². The first-order valence-corrected chi connectivity index (χ1v) is 5.79. The zero-order chi connectivity index (χ0) is 8.81. The average Bonchev–Trinajstić information content (AvgIpc) is 2.09. The number of hydrogen-bond acceptors (Lipinski definition) is 2. The Labute approximate surface area is 82.7 Å². The second kappa shape index (κ2) is 5.95. The summed E-state index contributed by atoms with van der Waals surface area (Å²) in [7, 11) is 0. The van der Waals surface area contributed by atoms with Crippen molar-refractivity contribution in [3.8, 4) is 0 Å². The van der Waals surface area contributed by atoms with E-state index in [-0.39, 0.29) is 0 Å². The molecule has 1 aliphatic rings. The Hall–Kier alpha value is 0.400. The topological polar surface area (TPSA) is 18.5 Å². The van der Waals surface area contributed by atoms with Gasteiger partial charge in [0.25, 0.3) is 0 Å². The van der Waals surface area contributed by atoms with Crippen LogP contribution in [0.5, 0.6) is 0 Å². The molecule has 0 aliphatic carbocycles. The molecule has 1 fully saturated rings. The van der Waals surface area contributed by atoms with Gasteiger partial charge in [0, 0.05) is 5.33 Å². The molecule has 2 atom stereocenters. The van der Waals surface area contributed by atoms with E-state index in [0.29, 0.717) is 12.2 Å². The average molecular weight is 237 g/mol. The maximum Gasteiger partial charge on any atom is 0.0845 e. The van der Waals surface area contributed by atoms with Gasteiger partial charge in [-0.3, -0.25) is 0 Å². The predicted molar refractivity (Wildman–Crippen MR) is 52.8 cm³/mol. The monoisotopic (exact) mass is 236 g/mol. The molecule has 1 rings (SSSR count). The lowest BCUT2D eigenvalue weighted by Crippen LogP contribution is -2.38. The van der Waals surface area contributed by atoms with Crippen molar-refractivity contribution < 1.29 is 9.47 Å². The highest BCUT2D eigenvalue weighted by molar-refractivity contribution is 9.09. The van der Waals surface area contributed by atoms with Gasteiger partial charge in [-0.15, -0.1) is 0 Å². The zero-order valence-corrected chi connectivity index (χ0v) is 9.18. The fourth-order valence-corrected chi connectivity index (χ4v) is 2.00. The number of alkyl halides is 1. The Balaban J connectivity index is 2.31. The van der Waals surface area contributed by atoms with Crippen LogP contribution in [0.1, 0.15) is 26.2 Å². The Morgan fingerprint density at radius 2 is 1.75 bits per heavy atom. The van der Waals surface area contributed by atoms with Crippen LogP contribution in [0.4, 0.5) is 0 Å². The highest BCUT2D eigenvalue weighted by Gasteiger charge is 2.24. The largest absolute Gasteiger partial charge is 0.373 e. The summed E-state index contributed by atoms with van der Waals surface area (Å²) in [6.07, 6.45) is 4.01. The Morgan fingerprint density at radius 1 is 1.17 bits per heavy atom. The Kier molecular flexibility index (Phi) is 5.19. The number of hydrogen-bond donors (Lipinski definition) is 0. The first-order valence-electron chi connectivity index (χ1n) is 4.67. The molecule has 0 saturated carbocycles. The van der Waals surface area contributed by atoms with Crippen LogP contribution in [0.3, 0.4) is 0 Å². The molecule has 0 amide bonds. The van der Waals surface area contributed by atoms with Gasteiger partial charge in [-0.25, -0.2) is 0 Å². The van der Waals surface area contributed by atoms with Crippen LogP contribution in [-0.4, -0.2) is 30.8 Å². The van der Waals surface area contributed by atoms with Gasteiger partial charge >= 0.3 is 0 Å². The first kappa shape index (κ1) is 10.5. The molecule has 0 N–H and O–H groups in total. The van der Waals surface area contributed by atoms with Gasteiger partial charge in [-0.1, -0.05) is 29.3 Å². The first-order chi connectivity index (χ1) is 5.88. The Morgan fingerprint density at radius 3 is 2.25 bits per heavy atom. The van der Waals surface area contributed by atoms with Crippen LogP contribution >= 0.6 is 15.9 Å². The standard InChI is InChI=1S/C9H17BrO2/c1-2-3-8-9(4-5-10)12-7-6-11-8/h8-9H,2-7H2,1H3/t8-,9-/m1/s1. The molecular weight excluding hydrogens is 220 g/mol. The molecule has 0 bridgehead atoms. The molecule has 0 aromatic heterocycles. The molecule has 2 nitrogen and oxygen atoms in total. The van der Waals surface area contributed by atoms with Crippen LogP contribution in [0, 0.1) is 0 Å². The summed E-state index contributed by atoms with van der Waals surface area (Å²) in [5, 5.41) is 1.00. The molecule has 0 aromatic rings. The van der Waals surface area contributed by atoms with E-state index >= 15 is 0 Å². The maximum absolute atomic E-state index is 5.64. The zero-order valence-electron chi connectivity index (χ0n) is 7.59. The highest BCUT2D eigenvalue weighted by Crippen LogP contribution is 2.18. The summed E-state index contributed by atoms with van der Waals surface area (Å²) in [6.45, 7) is 3.71. The van der Waals surface area contributed by atoms with E-state index in [2.05, 4.69) is 22.9 Å². The van der Waals surface area contributed by atoms with E-state index in [0.717, 1.165) is 31.4 Å². The van der Waals surface area contributed by atoms with Crippen LogP contribution in [0.15, 0.2) is 0 Å². The summed E-state index contributed by atoms with van der Waals surface area (Å²) < 4.78 is 11.3. The molecule has 1 aliphatic heterocycles. The van der Waals surface area contributed by atoms with E-state index in [9.17, 15) is 0 Å². The molecule has 12 heavy (non-hydrogen) atoms. The second-order valence-electron chi connectivity index (χ2n) is 3.08. The molecular formula is C9H17BrO2. The number of halogens is 1. The third kappa shape index (κ3) is 3.04. The van der Waals surface area contributed by atoms with Gasteiger partial charge in [-0.2, -0.15) is 0 Å². The van der Waals surface area contributed by atoms with Crippen molar-refractivity contribution in [1.29, 1.82) is 0 Å². The fraction of sp³-hybridized carbons (Fsp3) is 1.00. The molecule has 3 heteroatoms. The lowest BCUT2D eigenvalue weighted by atomic mass is 10.1. The summed E-state index contributed by atoms with van der Waals surface area (Å²) in [5.74, 6) is 0. The van der Waals surface area contributed by atoms with Crippen LogP contribution in [0.2, 0.25) is 0 Å². The van der Waals surface area contributed by atoms with Gasteiger partial charge in [0.2, 0.25) is 0 Å². The summed E-state index contributed by atoms with van der Waals surface area (Å²) >= 11 is 3.43. The van der Waals surface area contributed by atoms with Gasteiger partial charge in [0.1, 0.15) is 0 Å². The van der Waals surface area contributed by atoms with Crippen molar-refractivity contribution in [3.05, 3.63) is 0 Å². The van der Waals surface area contributed by atoms with Crippen molar-refractivity contribution in [1.82, 2.24) is 0 Å². The van der Waals surface area contributed by atoms with Crippen molar-refractivity contribution in [3.63, 3.8) is 0 Å². The van der Waals surface area contributed by atoms with E-state index in [1.807, 2.05) is 0 Å². The molecule has 0 aromatic carbocycles. The lowest BCUT2D eigenvalue weighted by Gasteiger charge is -2.31. The SMILES string of the molecule is CCC[C@H]1OCCO[C@@H]1CCBr. The van der Waals surface area contributed by atoms with Gasteiger partial charge < -0.3 is 9.47 Å². The number of ether oxygens (including phenoxy) is 2. The lowest BCUT2D eigenvalue weighted by molar-refractivity contribution is -0.142. The van der Waals surface area contributed by atoms with Crippen molar-refractivity contribution >= 4 is 15.9 Å². The van der Waals surface area contributed by atoms with E-state index in [1.165, 1.54) is 6.42 Å². The minimum atomic E-state index is 0.318. The van der Waals surface area contributed by atoms with E-state index in [4.69, 9.17) is 9.47 Å². The van der Waals surface area contributed by atoms with Gasteiger partial charge in [0.15, 0.2) is 0 Å². The Bertz CT molecular complexity index is 101. The van der Waals surface area contributed by atoms with Crippen LogP contribution < -0.4 is 0 Å². The second-order valence-corrected chi connectivity index (χ2v) is 3.88. The van der Waals surface area contributed by atoms with Gasteiger partial charge in [0.05, 0.1) is 25.4 Å². The molecule has 0 spiro atoms. The third-order valence-electron chi connectivity index (χ3n) is 2.13. The minimum absolute atomic E-state index is 0.318. The van der Waals surface area contributed by atoms with Crippen molar-refractivity contribution in [2.45, 2.75) is 38.4 Å². The van der Waals surface area contributed by atoms with E-state index < -0.39 is 0 Å². The fourth-order valence-electron chi connectivity index (χ4n) is 1.54. The van der Waals surface area contributed by atoms with Gasteiger partial charge in [-0.05, 0) is 12.8 Å². The van der Waals surface area contributed by atoms with Crippen molar-refractivity contribution in [2.75, 3.05) is 18.5 Å². The molecule has 0 radical (unpaired) electrons. The summed E-state index contributed by atoms with van der Waals surface area (Å²) in [6, 6.07) is 0. The maximum atomic E-state index is 5.64. The minimum Gasteiger partial charge on any atom is -0.373 e. The normalized spacial score (nSPS) is 30.5. The highest BCUT2D eigenvalue weighted by atomic mass is 79.9. The molecule has 1 saturated heterocycles. The third-order valence-corrected chi connectivity index (χ3v) is 2.59. The molecule has 0 unspecified atom stereocenters. The molecule has 1 heterocycles. The predicted octanol–water partition coefficient (Wildman–Crippen LogP) is 2.36. The quantitative estimate of drug-likeness (QED) is 0.699. The summed E-state index contributed by atoms with van der Waals surface area (Å²) in [4.78, 5) is 0. The van der Waals surface area contributed by atoms with Crippen LogP contribution in [-0.2, 0) is 9.47 Å². The molecule has 72 valence electrons. The summed E-state index contributed by atoms with van der Waals surface area (Å²) in [5.41, 5.74) is 0. The smallest absolute Gasteiger partial charge is 0.0845 e.